The minimum Gasteiger partial charge on any atom is -0.481 e. The van der Waals surface area contributed by atoms with E-state index in [1.165, 1.54) is 16.8 Å². The number of anilines is 3. The topological polar surface area (TPSA) is 436 Å². The minimum absolute atomic E-state index is 0. The summed E-state index contributed by atoms with van der Waals surface area (Å²) >= 11 is 0. The number of unbranched alkanes of at least 4 members (excludes halogenated alkanes) is 2. The first kappa shape index (κ1) is 79.7. The van der Waals surface area contributed by atoms with Crippen molar-refractivity contribution in [3.8, 4) is 11.1 Å². The predicted molar refractivity (Wildman–Crippen MR) is 335 cm³/mol. The van der Waals surface area contributed by atoms with Gasteiger partial charge in [0.1, 0.15) is 23.7 Å². The van der Waals surface area contributed by atoms with Crippen molar-refractivity contribution in [2.45, 2.75) is 121 Å². The van der Waals surface area contributed by atoms with Gasteiger partial charge in [0.25, 0.3) is 0 Å². The highest BCUT2D eigenvalue weighted by Gasteiger charge is 2.30. The molecule has 26 nitrogen and oxygen atoms in total. The van der Waals surface area contributed by atoms with E-state index in [1.54, 1.807) is 49.4 Å². The monoisotopic (exact) mass is 1290 g/mol. The lowest BCUT2D eigenvalue weighted by Gasteiger charge is -2.17. The van der Waals surface area contributed by atoms with Crippen molar-refractivity contribution in [2.24, 2.45) is 17.6 Å². The van der Waals surface area contributed by atoms with Gasteiger partial charge in [-0.3, -0.25) is 43.2 Å². The van der Waals surface area contributed by atoms with E-state index >= 15 is 0 Å². The molecule has 5 atom stereocenters. The van der Waals surface area contributed by atoms with Crippen LogP contribution in [0.15, 0.2) is 60.7 Å². The van der Waals surface area contributed by atoms with E-state index in [0.29, 0.717) is 41.4 Å². The fourth-order valence-corrected chi connectivity index (χ4v) is 8.31. The fourth-order valence-electron chi connectivity index (χ4n) is 8.31. The molecule has 0 saturated carbocycles. The maximum Gasteiger partial charge on any atom is 0.326 e. The van der Waals surface area contributed by atoms with Crippen molar-refractivity contribution in [3.05, 3.63) is 72.0 Å². The van der Waals surface area contributed by atoms with Crippen LogP contribution in [0.25, 0.3) is 22.0 Å². The van der Waals surface area contributed by atoms with Gasteiger partial charge in [0.05, 0.1) is 34.5 Å². The molecule has 470 valence electrons. The van der Waals surface area contributed by atoms with E-state index in [-0.39, 0.29) is 97.9 Å². The Bertz CT molecular complexity index is 2990. The number of urea groups is 1. The zero-order valence-electron chi connectivity index (χ0n) is 46.0. The average Bonchev–Trinajstić information content (AvgIpc) is 3.68. The molecule has 0 aliphatic heterocycles. The van der Waals surface area contributed by atoms with Crippen LogP contribution in [-0.4, -0.2) is 131 Å². The molecule has 0 aliphatic carbocycles. The van der Waals surface area contributed by atoms with Crippen LogP contribution in [-0.2, 0) is 47.9 Å². The Morgan fingerprint density at radius 1 is 0.612 bits per heavy atom. The molecule has 1 aromatic heterocycles. The number of halogens is 1. The standard InChI is InChI=1S/C53H64FN9O17.5H2S/c1-28-9-17-35(54)39(24-28)61-53(80)58-32-14-10-29(11-15-32)34-6-5-7-40-47(34)48(56)62-63(40)45(69)8-3-2-4-23-57-44(68)27-36(55)41(65)26-31(50(74)75)13-21-43(67)59-37(51(76)77)18-16-33(64)25-30(49(72)73)12-20-42(66)60-38(52(78)79)19-22-46(70)71;;;;;/h5-7,9-11,14-15,17,24,30-31,36-38H,2-4,8,12-13,16,18-23,25-27,55H2,1H3,(H2,56,62)(H,57,68)(H,59,67)(H,60,66)(H,70,71)(H,72,73)(H,74,75)(H,76,77)(H,78,79)(H2,58,61,80);5*1H2/t30-,31-,36+,37+,38+;;;;;/m1...../s1. The Morgan fingerprint density at radius 2 is 1.18 bits per heavy atom. The summed E-state index contributed by atoms with van der Waals surface area (Å²) in [6, 6.07) is 11.2. The molecule has 32 heteroatoms. The number of nitrogens with one attached hydrogen (secondary N) is 5. The van der Waals surface area contributed by atoms with Crippen molar-refractivity contribution < 1.29 is 87.5 Å². The molecule has 5 amide bonds. The Kier molecular flexibility index (Phi) is 36.8. The minimum atomic E-state index is -1.66. The lowest BCUT2D eigenvalue weighted by atomic mass is 9.93. The highest BCUT2D eigenvalue weighted by atomic mass is 32.1. The molecule has 1 heterocycles. The predicted octanol–water partition coefficient (Wildman–Crippen LogP) is 4.64. The van der Waals surface area contributed by atoms with Crippen molar-refractivity contribution >= 4 is 167 Å². The molecule has 0 unspecified atom stereocenters. The number of Topliss-reactive ketones (excluding diaryl/α,β-unsaturated/α-hetero) is 2. The molecule has 0 fully saturated rings. The number of amides is 5. The van der Waals surface area contributed by atoms with Crippen LogP contribution < -0.4 is 38.1 Å². The third-order valence-electron chi connectivity index (χ3n) is 12.7. The maximum atomic E-state index is 14.1. The number of aryl methyl sites for hydroxylation is 1. The van der Waals surface area contributed by atoms with Crippen LogP contribution in [0.2, 0.25) is 0 Å². The van der Waals surface area contributed by atoms with Gasteiger partial charge in [-0.15, -0.1) is 5.10 Å². The van der Waals surface area contributed by atoms with Gasteiger partial charge in [-0.1, -0.05) is 36.8 Å². The van der Waals surface area contributed by atoms with Gasteiger partial charge in [-0.05, 0) is 92.5 Å². The second-order valence-corrected chi connectivity index (χ2v) is 19.0. The van der Waals surface area contributed by atoms with Crippen molar-refractivity contribution in [3.63, 3.8) is 0 Å². The number of aliphatic carboxylic acids is 5. The van der Waals surface area contributed by atoms with Crippen LogP contribution in [0.3, 0.4) is 0 Å². The van der Waals surface area contributed by atoms with Gasteiger partial charge in [0, 0.05) is 63.6 Å². The molecule has 4 aromatic rings. The van der Waals surface area contributed by atoms with Crippen LogP contribution in [0.5, 0.6) is 0 Å². The van der Waals surface area contributed by atoms with Crippen LogP contribution in [0.4, 0.5) is 26.4 Å². The Balaban J connectivity index is 0. The SMILES string of the molecule is Cc1ccc(F)c(NC(=O)Nc2ccc(-c3cccc4c3c(N)nn4C(=O)CCCCCNC(=O)C[C@H](N)C(=O)C[C@@H](CCC(=O)N[C@@H](CCC(=O)C[C@@H](CCC(=O)N[C@@H](CCC(=O)O)C(=O)O)C(=O)O)C(=O)O)C(=O)O)cc2)c1.S.S.S.S.S. The summed E-state index contributed by atoms with van der Waals surface area (Å²) in [5.41, 5.74) is 15.4. The molecule has 4 rings (SSSR count). The summed E-state index contributed by atoms with van der Waals surface area (Å²) < 4.78 is 15.4. The zero-order chi connectivity index (χ0) is 59.2. The molecule has 85 heavy (non-hydrogen) atoms. The maximum absolute atomic E-state index is 14.1. The molecular formula is C53H74FN9O17S5. The molecular weight excluding hydrogens is 1210 g/mol. The smallest absolute Gasteiger partial charge is 0.326 e. The second kappa shape index (κ2) is 39.3. The largest absolute Gasteiger partial charge is 0.481 e. The third-order valence-corrected chi connectivity index (χ3v) is 12.7. The molecule has 0 spiro atoms. The van der Waals surface area contributed by atoms with E-state index < -0.39 is 172 Å². The number of rotatable bonds is 34. The summed E-state index contributed by atoms with van der Waals surface area (Å²) in [4.78, 5) is 147. The van der Waals surface area contributed by atoms with E-state index in [1.807, 2.05) is 6.07 Å². The number of hydrogen-bond acceptors (Lipinski definition) is 15. The number of aromatic nitrogens is 2. The molecule has 3 aromatic carbocycles. The summed E-state index contributed by atoms with van der Waals surface area (Å²) in [7, 11) is 0. The molecule has 0 bridgehead atoms. The molecule has 0 aliphatic rings. The van der Waals surface area contributed by atoms with Gasteiger partial charge >= 0.3 is 35.9 Å². The van der Waals surface area contributed by atoms with E-state index in [4.69, 9.17) is 16.6 Å². The highest BCUT2D eigenvalue weighted by molar-refractivity contribution is 7.60. The average molecular weight is 1290 g/mol. The number of nitrogens with two attached hydrogens (primary N) is 2. The first-order valence-electron chi connectivity index (χ1n) is 25.4. The summed E-state index contributed by atoms with van der Waals surface area (Å²) in [5, 5.41) is 63.8. The van der Waals surface area contributed by atoms with Crippen molar-refractivity contribution in [1.29, 1.82) is 0 Å². The number of carboxylic acids is 5. The normalized spacial score (nSPS) is 12.1. The van der Waals surface area contributed by atoms with Gasteiger partial charge in [0.15, 0.2) is 11.6 Å². The van der Waals surface area contributed by atoms with E-state index in [2.05, 4.69) is 31.7 Å². The second-order valence-electron chi connectivity index (χ2n) is 19.0. The molecule has 0 saturated heterocycles. The van der Waals surface area contributed by atoms with E-state index in [9.17, 15) is 82.4 Å². The third kappa shape index (κ3) is 26.6. The number of nitrogen functional groups attached to an aromatic ring is 1. The van der Waals surface area contributed by atoms with Gasteiger partial charge < -0.3 is 63.6 Å². The quantitative estimate of drug-likeness (QED) is 0.0283. The first-order chi connectivity index (χ1) is 37.8. The molecule has 14 N–H and O–H groups in total. The number of fused-ring (bicyclic) bond motifs is 1. The summed E-state index contributed by atoms with van der Waals surface area (Å²) in [6.45, 7) is 1.93. The first-order valence-corrected chi connectivity index (χ1v) is 25.4. The van der Waals surface area contributed by atoms with Crippen molar-refractivity contribution in [1.82, 2.24) is 25.7 Å². The highest BCUT2D eigenvalue weighted by Crippen LogP contribution is 2.33. The van der Waals surface area contributed by atoms with Gasteiger partial charge in [0.2, 0.25) is 23.6 Å². The number of carboxylic acid groups (broad SMARTS) is 5. The number of carbonyl (C=O) groups excluding carboxylic acids is 7. The Hall–Kier alpha value is -7.39. The zero-order valence-corrected chi connectivity index (χ0v) is 51.0. The molecule has 0 radical (unpaired) electrons. The number of benzene rings is 3. The van der Waals surface area contributed by atoms with Crippen molar-refractivity contribution in [2.75, 3.05) is 22.9 Å². The van der Waals surface area contributed by atoms with E-state index in [0.717, 1.165) is 11.1 Å². The van der Waals surface area contributed by atoms with Crippen LogP contribution in [0.1, 0.15) is 107 Å². The summed E-state index contributed by atoms with van der Waals surface area (Å²) in [5.74, 6) is -15.0. The number of hydrogen-bond donors (Lipinski definition) is 12. The van der Waals surface area contributed by atoms with Crippen LogP contribution in [0, 0.1) is 24.6 Å². The van der Waals surface area contributed by atoms with Gasteiger partial charge in [-0.25, -0.2) is 18.8 Å². The number of carbonyl (C=O) groups is 12. The van der Waals surface area contributed by atoms with Crippen LogP contribution >= 0.6 is 67.5 Å². The fraction of sp³-hybridized carbons (Fsp3) is 0.415. The number of ketones is 2. The lowest BCUT2D eigenvalue weighted by Crippen LogP contribution is -2.41. The number of nitrogens with zero attached hydrogens (tertiary/aromatic N) is 2. The van der Waals surface area contributed by atoms with Gasteiger partial charge in [-0.2, -0.15) is 72.2 Å². The Morgan fingerprint density at radius 3 is 1.73 bits per heavy atom. The summed E-state index contributed by atoms with van der Waals surface area (Å²) in [6.07, 6.45) is -4.33. The Labute approximate surface area is 522 Å². The lowest BCUT2D eigenvalue weighted by molar-refractivity contribution is -0.145.